The van der Waals surface area contributed by atoms with Gasteiger partial charge in [0.15, 0.2) is 11.2 Å². The SMILES string of the molecule is CCc1cscc1[N+]1(C(c2ccccc2)(c2ccccc2)c2ccccc2)C=CN=C1. The van der Waals surface area contributed by atoms with E-state index in [0.29, 0.717) is 4.48 Å². The summed E-state index contributed by atoms with van der Waals surface area (Å²) in [5.74, 6) is 0. The van der Waals surface area contributed by atoms with Gasteiger partial charge in [0, 0.05) is 27.6 Å². The molecule has 0 spiro atoms. The summed E-state index contributed by atoms with van der Waals surface area (Å²) in [6.45, 7) is 2.23. The minimum atomic E-state index is -0.523. The average molecular weight is 422 g/mol. The summed E-state index contributed by atoms with van der Waals surface area (Å²) in [7, 11) is 0. The van der Waals surface area contributed by atoms with Crippen molar-refractivity contribution in [1.29, 1.82) is 0 Å². The van der Waals surface area contributed by atoms with Crippen LogP contribution in [-0.2, 0) is 12.0 Å². The molecule has 1 unspecified atom stereocenters. The van der Waals surface area contributed by atoms with Crippen LogP contribution in [0.2, 0.25) is 0 Å². The molecule has 5 rings (SSSR count). The third-order valence-corrected chi connectivity index (χ3v) is 7.04. The van der Waals surface area contributed by atoms with Gasteiger partial charge < -0.3 is 0 Å². The molecule has 1 aliphatic heterocycles. The van der Waals surface area contributed by atoms with Crippen LogP contribution in [0, 0.1) is 0 Å². The Hall–Kier alpha value is -3.27. The lowest BCUT2D eigenvalue weighted by Crippen LogP contribution is -2.60. The second-order valence-electron chi connectivity index (χ2n) is 7.78. The number of hydrogen-bond donors (Lipinski definition) is 0. The highest BCUT2D eigenvalue weighted by atomic mass is 32.1. The number of benzene rings is 3. The Morgan fingerprint density at radius 2 is 1.26 bits per heavy atom. The van der Waals surface area contributed by atoms with Crippen molar-refractivity contribution in [2.75, 3.05) is 0 Å². The van der Waals surface area contributed by atoms with Crippen LogP contribution in [0.15, 0.2) is 119 Å². The second kappa shape index (κ2) is 8.10. The van der Waals surface area contributed by atoms with Gasteiger partial charge in [0.05, 0.1) is 11.6 Å². The molecule has 3 heteroatoms. The van der Waals surface area contributed by atoms with Crippen LogP contribution < -0.4 is 4.48 Å². The predicted octanol–water partition coefficient (Wildman–Crippen LogP) is 7.12. The fourth-order valence-electron chi connectivity index (χ4n) is 4.93. The minimum Gasteiger partial charge on any atom is -0.205 e. The maximum Gasteiger partial charge on any atom is 0.201 e. The third kappa shape index (κ3) is 2.93. The van der Waals surface area contributed by atoms with Crippen LogP contribution in [0.5, 0.6) is 0 Å². The topological polar surface area (TPSA) is 12.4 Å². The Kier molecular flexibility index (Phi) is 5.14. The van der Waals surface area contributed by atoms with Crippen molar-refractivity contribution in [3.63, 3.8) is 0 Å². The summed E-state index contributed by atoms with van der Waals surface area (Å²) in [5, 5.41) is 4.57. The van der Waals surface area contributed by atoms with Gasteiger partial charge in [0.1, 0.15) is 6.20 Å². The molecule has 3 aromatic carbocycles. The van der Waals surface area contributed by atoms with E-state index in [1.165, 1.54) is 27.9 Å². The van der Waals surface area contributed by atoms with Gasteiger partial charge in [0.25, 0.3) is 0 Å². The summed E-state index contributed by atoms with van der Waals surface area (Å²) < 4.78 is 0.498. The molecule has 0 saturated carbocycles. The zero-order valence-corrected chi connectivity index (χ0v) is 18.4. The molecule has 0 N–H and O–H groups in total. The second-order valence-corrected chi connectivity index (χ2v) is 8.53. The normalized spacial score (nSPS) is 17.8. The van der Waals surface area contributed by atoms with Crippen LogP contribution in [0.25, 0.3) is 0 Å². The highest BCUT2D eigenvalue weighted by Crippen LogP contribution is 2.52. The van der Waals surface area contributed by atoms with E-state index in [0.717, 1.165) is 6.42 Å². The quantitative estimate of drug-likeness (QED) is 0.232. The molecule has 2 nitrogen and oxygen atoms in total. The first kappa shape index (κ1) is 19.7. The summed E-state index contributed by atoms with van der Waals surface area (Å²) in [6.07, 6.45) is 7.28. The predicted molar refractivity (Wildman–Crippen MR) is 132 cm³/mol. The molecule has 1 aromatic heterocycles. The van der Waals surface area contributed by atoms with E-state index in [-0.39, 0.29) is 0 Å². The van der Waals surface area contributed by atoms with E-state index >= 15 is 0 Å². The summed E-state index contributed by atoms with van der Waals surface area (Å²) in [5.41, 5.74) is 5.82. The maximum atomic E-state index is 4.68. The summed E-state index contributed by atoms with van der Waals surface area (Å²) >= 11 is 1.77. The molecule has 0 saturated heterocycles. The van der Waals surface area contributed by atoms with Crippen LogP contribution in [-0.4, -0.2) is 6.34 Å². The molecular formula is C28H25N2S+. The highest BCUT2D eigenvalue weighted by Gasteiger charge is 2.57. The molecule has 0 amide bonds. The highest BCUT2D eigenvalue weighted by molar-refractivity contribution is 7.08. The number of thiophene rings is 1. The maximum absolute atomic E-state index is 4.68. The standard InChI is InChI=1S/C28H25N2S/c1-2-23-20-31-21-27(23)30(19-18-29-22-30)28(24-12-6-3-7-13-24,25-14-8-4-9-15-25)26-16-10-5-11-17-26/h3-22H,2H2,1H3/q+1. The number of aryl methyl sites for hydroxylation is 1. The van der Waals surface area contributed by atoms with E-state index in [2.05, 4.69) is 126 Å². The zero-order valence-electron chi connectivity index (χ0n) is 17.6. The van der Waals surface area contributed by atoms with Crippen molar-refractivity contribution >= 4 is 23.4 Å². The van der Waals surface area contributed by atoms with E-state index in [9.17, 15) is 0 Å². The summed E-state index contributed by atoms with van der Waals surface area (Å²) in [6, 6.07) is 32.6. The van der Waals surface area contributed by atoms with Gasteiger partial charge in [0.2, 0.25) is 6.34 Å². The molecule has 0 aliphatic carbocycles. The number of quaternary nitrogens is 1. The molecule has 1 aliphatic rings. The minimum absolute atomic E-state index is 0.498. The zero-order chi connectivity index (χ0) is 21.2. The first-order chi connectivity index (χ1) is 15.3. The molecule has 4 aromatic rings. The van der Waals surface area contributed by atoms with Crippen LogP contribution in [0.3, 0.4) is 0 Å². The summed E-state index contributed by atoms with van der Waals surface area (Å²) in [4.78, 5) is 4.68. The smallest absolute Gasteiger partial charge is 0.201 e. The van der Waals surface area contributed by atoms with Crippen molar-refractivity contribution in [3.05, 3.63) is 136 Å². The monoisotopic (exact) mass is 421 g/mol. The molecule has 2 heterocycles. The van der Waals surface area contributed by atoms with Gasteiger partial charge in [-0.25, -0.2) is 9.48 Å². The Labute approximate surface area is 188 Å². The Balaban J connectivity index is 1.97. The lowest BCUT2D eigenvalue weighted by molar-refractivity contribution is 0.357. The lowest BCUT2D eigenvalue weighted by atomic mass is 9.73. The molecule has 0 radical (unpaired) electrons. The Morgan fingerprint density at radius 3 is 1.68 bits per heavy atom. The van der Waals surface area contributed by atoms with Crippen LogP contribution >= 0.6 is 11.3 Å². The van der Waals surface area contributed by atoms with Gasteiger partial charge in [-0.15, -0.1) is 11.3 Å². The molecule has 0 fully saturated rings. The number of hydrogen-bond acceptors (Lipinski definition) is 2. The van der Waals surface area contributed by atoms with Gasteiger partial charge in [-0.1, -0.05) is 97.9 Å². The van der Waals surface area contributed by atoms with Crippen molar-refractivity contribution in [2.24, 2.45) is 4.99 Å². The molecule has 31 heavy (non-hydrogen) atoms. The van der Waals surface area contributed by atoms with Crippen molar-refractivity contribution in [3.8, 4) is 0 Å². The van der Waals surface area contributed by atoms with Gasteiger partial charge >= 0.3 is 0 Å². The first-order valence-corrected chi connectivity index (χ1v) is 11.6. The largest absolute Gasteiger partial charge is 0.205 e. The van der Waals surface area contributed by atoms with Gasteiger partial charge in [-0.3, -0.25) is 0 Å². The van der Waals surface area contributed by atoms with Crippen molar-refractivity contribution in [2.45, 2.75) is 18.9 Å². The van der Waals surface area contributed by atoms with E-state index < -0.39 is 5.54 Å². The van der Waals surface area contributed by atoms with Crippen LogP contribution in [0.4, 0.5) is 5.69 Å². The molecule has 152 valence electrons. The molecule has 1 atom stereocenters. The first-order valence-electron chi connectivity index (χ1n) is 10.7. The number of nitrogens with zero attached hydrogens (tertiary/aromatic N) is 2. The molecular weight excluding hydrogens is 396 g/mol. The number of rotatable bonds is 6. The Morgan fingerprint density at radius 1 is 0.742 bits per heavy atom. The fourth-order valence-corrected chi connectivity index (χ4v) is 5.91. The lowest BCUT2D eigenvalue weighted by Gasteiger charge is -2.47. The van der Waals surface area contributed by atoms with Crippen molar-refractivity contribution < 1.29 is 0 Å². The third-order valence-electron chi connectivity index (χ3n) is 6.26. The average Bonchev–Trinajstić information content (AvgIpc) is 3.52. The molecule has 0 bridgehead atoms. The van der Waals surface area contributed by atoms with E-state index in [4.69, 9.17) is 0 Å². The van der Waals surface area contributed by atoms with Crippen LogP contribution in [0.1, 0.15) is 29.2 Å². The van der Waals surface area contributed by atoms with E-state index in [1.54, 1.807) is 11.3 Å². The van der Waals surface area contributed by atoms with E-state index in [1.807, 2.05) is 6.20 Å². The Bertz CT molecular complexity index is 1100. The fraction of sp³-hybridized carbons (Fsp3) is 0.107. The van der Waals surface area contributed by atoms with Crippen molar-refractivity contribution in [1.82, 2.24) is 4.48 Å². The number of aliphatic imine (C=N–C) groups is 1. The van der Waals surface area contributed by atoms with Gasteiger partial charge in [-0.05, 0) is 6.42 Å². The van der Waals surface area contributed by atoms with Gasteiger partial charge in [-0.2, -0.15) is 0 Å².